The SMILES string of the molecule is C[C@@H](Oc1ccccc1F)c1nnc(SCC(=O)c2ccc(F)cc2)o1. The van der Waals surface area contributed by atoms with Crippen LogP contribution in [0.1, 0.15) is 29.3 Å². The third-order valence-electron chi connectivity index (χ3n) is 3.40. The van der Waals surface area contributed by atoms with E-state index in [0.29, 0.717) is 5.56 Å². The summed E-state index contributed by atoms with van der Waals surface area (Å²) in [6.07, 6.45) is -0.651. The number of hydrogen-bond donors (Lipinski definition) is 0. The quantitative estimate of drug-likeness (QED) is 0.448. The van der Waals surface area contributed by atoms with Gasteiger partial charge in [0.2, 0.25) is 0 Å². The lowest BCUT2D eigenvalue weighted by Gasteiger charge is -2.11. The largest absolute Gasteiger partial charge is 0.478 e. The second-order valence-corrected chi connectivity index (χ2v) is 6.24. The number of hydrogen-bond acceptors (Lipinski definition) is 6. The molecule has 0 spiro atoms. The molecular formula is C18H14F2N2O3S. The molecule has 1 aromatic heterocycles. The molecule has 1 heterocycles. The van der Waals surface area contributed by atoms with Gasteiger partial charge in [0.15, 0.2) is 23.5 Å². The van der Waals surface area contributed by atoms with Gasteiger partial charge in [-0.1, -0.05) is 23.9 Å². The summed E-state index contributed by atoms with van der Waals surface area (Å²) in [5.74, 6) is -0.761. The smallest absolute Gasteiger partial charge is 0.277 e. The molecule has 0 amide bonds. The molecule has 5 nitrogen and oxygen atoms in total. The number of Topliss-reactive ketones (excluding diaryl/α,β-unsaturated/α-hetero) is 1. The summed E-state index contributed by atoms with van der Waals surface area (Å²) >= 11 is 1.06. The van der Waals surface area contributed by atoms with E-state index in [9.17, 15) is 13.6 Å². The minimum Gasteiger partial charge on any atom is -0.478 e. The third-order valence-corrected chi connectivity index (χ3v) is 4.22. The number of para-hydroxylation sites is 1. The van der Waals surface area contributed by atoms with Crippen LogP contribution in [0.5, 0.6) is 5.75 Å². The first-order valence-electron chi connectivity index (χ1n) is 7.69. The fraction of sp³-hybridized carbons (Fsp3) is 0.167. The Labute approximate surface area is 152 Å². The first-order valence-corrected chi connectivity index (χ1v) is 8.67. The molecule has 134 valence electrons. The summed E-state index contributed by atoms with van der Waals surface area (Å²) in [6.45, 7) is 1.65. The van der Waals surface area contributed by atoms with Crippen LogP contribution in [-0.4, -0.2) is 21.7 Å². The third kappa shape index (κ3) is 4.45. The number of carbonyl (C=O) groups is 1. The van der Waals surface area contributed by atoms with Crippen molar-refractivity contribution in [2.24, 2.45) is 0 Å². The van der Waals surface area contributed by atoms with E-state index in [1.165, 1.54) is 36.4 Å². The van der Waals surface area contributed by atoms with Crippen molar-refractivity contribution < 1.29 is 22.7 Å². The highest BCUT2D eigenvalue weighted by molar-refractivity contribution is 7.99. The van der Waals surface area contributed by atoms with Crippen LogP contribution < -0.4 is 4.74 Å². The van der Waals surface area contributed by atoms with Gasteiger partial charge in [-0.25, -0.2) is 8.78 Å². The first-order chi connectivity index (χ1) is 12.5. The lowest BCUT2D eigenvalue weighted by molar-refractivity contribution is 0.102. The second kappa shape index (κ2) is 8.09. The highest BCUT2D eigenvalue weighted by Gasteiger charge is 2.18. The van der Waals surface area contributed by atoms with Crippen LogP contribution >= 0.6 is 11.8 Å². The summed E-state index contributed by atoms with van der Waals surface area (Å²) in [4.78, 5) is 12.0. The molecule has 0 aliphatic rings. The van der Waals surface area contributed by atoms with E-state index in [-0.39, 0.29) is 28.4 Å². The van der Waals surface area contributed by atoms with Crippen LogP contribution in [0.25, 0.3) is 0 Å². The predicted octanol–water partition coefficient (Wildman–Crippen LogP) is 4.46. The van der Waals surface area contributed by atoms with Gasteiger partial charge in [-0.2, -0.15) is 0 Å². The predicted molar refractivity (Wildman–Crippen MR) is 91.2 cm³/mol. The Kier molecular flexibility index (Phi) is 5.62. The van der Waals surface area contributed by atoms with Gasteiger partial charge in [0.05, 0.1) is 5.75 Å². The molecule has 8 heteroatoms. The monoisotopic (exact) mass is 376 g/mol. The highest BCUT2D eigenvalue weighted by Crippen LogP contribution is 2.25. The van der Waals surface area contributed by atoms with Crippen LogP contribution in [0.4, 0.5) is 8.78 Å². The highest BCUT2D eigenvalue weighted by atomic mass is 32.2. The van der Waals surface area contributed by atoms with Crippen LogP contribution in [0.3, 0.4) is 0 Å². The Morgan fingerprint density at radius 1 is 1.15 bits per heavy atom. The van der Waals surface area contributed by atoms with E-state index in [1.807, 2.05) is 0 Å². The first kappa shape index (κ1) is 18.1. The number of benzene rings is 2. The molecule has 0 fully saturated rings. The maximum atomic E-state index is 13.6. The Hall–Kier alpha value is -2.74. The average Bonchev–Trinajstić information content (AvgIpc) is 3.11. The Bertz CT molecular complexity index is 899. The molecule has 0 N–H and O–H groups in total. The minimum atomic E-state index is -0.651. The summed E-state index contributed by atoms with van der Waals surface area (Å²) in [7, 11) is 0. The van der Waals surface area contributed by atoms with Gasteiger partial charge >= 0.3 is 0 Å². The molecule has 0 saturated heterocycles. The van der Waals surface area contributed by atoms with Crippen molar-refractivity contribution in [3.63, 3.8) is 0 Å². The van der Waals surface area contributed by atoms with E-state index in [4.69, 9.17) is 9.15 Å². The van der Waals surface area contributed by atoms with Crippen molar-refractivity contribution in [3.8, 4) is 5.75 Å². The number of halogens is 2. The number of nitrogens with zero attached hydrogens (tertiary/aromatic N) is 2. The number of carbonyl (C=O) groups excluding carboxylic acids is 1. The molecule has 0 aliphatic heterocycles. The standard InChI is InChI=1S/C18H14F2N2O3S/c1-11(24-16-5-3-2-4-14(16)20)17-21-22-18(25-17)26-10-15(23)12-6-8-13(19)9-7-12/h2-9,11H,10H2,1H3/t11-/m1/s1. The second-order valence-electron chi connectivity index (χ2n) is 5.32. The van der Waals surface area contributed by atoms with Crippen molar-refractivity contribution >= 4 is 17.5 Å². The maximum Gasteiger partial charge on any atom is 0.277 e. The van der Waals surface area contributed by atoms with Gasteiger partial charge in [0.1, 0.15) is 5.82 Å². The summed E-state index contributed by atoms with van der Waals surface area (Å²) < 4.78 is 37.4. The van der Waals surface area contributed by atoms with Crippen molar-refractivity contribution in [2.75, 3.05) is 5.75 Å². The van der Waals surface area contributed by atoms with Gasteiger partial charge in [-0.15, -0.1) is 10.2 Å². The molecule has 3 rings (SSSR count). The van der Waals surface area contributed by atoms with Crippen LogP contribution in [0.2, 0.25) is 0 Å². The zero-order valence-electron chi connectivity index (χ0n) is 13.7. The number of rotatable bonds is 7. The molecule has 3 aromatic rings. The van der Waals surface area contributed by atoms with Gasteiger partial charge in [-0.05, 0) is 43.3 Å². The van der Waals surface area contributed by atoms with E-state index >= 15 is 0 Å². The van der Waals surface area contributed by atoms with E-state index in [2.05, 4.69) is 10.2 Å². The van der Waals surface area contributed by atoms with Gasteiger partial charge < -0.3 is 9.15 Å². The Morgan fingerprint density at radius 3 is 2.62 bits per heavy atom. The minimum absolute atomic E-state index is 0.0653. The zero-order valence-corrected chi connectivity index (χ0v) is 14.5. The van der Waals surface area contributed by atoms with Crippen molar-refractivity contribution in [1.29, 1.82) is 0 Å². The Balaban J connectivity index is 1.58. The number of aromatic nitrogens is 2. The number of thioether (sulfide) groups is 1. The van der Waals surface area contributed by atoms with Crippen LogP contribution in [-0.2, 0) is 0 Å². The molecule has 2 aromatic carbocycles. The van der Waals surface area contributed by atoms with E-state index in [1.54, 1.807) is 19.1 Å². The number of ketones is 1. The van der Waals surface area contributed by atoms with Crippen molar-refractivity contribution in [2.45, 2.75) is 18.3 Å². The summed E-state index contributed by atoms with van der Waals surface area (Å²) in [5.41, 5.74) is 0.398. The molecular weight excluding hydrogens is 362 g/mol. The van der Waals surface area contributed by atoms with Crippen LogP contribution in [0, 0.1) is 11.6 Å². The summed E-state index contributed by atoms with van der Waals surface area (Å²) in [6, 6.07) is 11.3. The fourth-order valence-electron chi connectivity index (χ4n) is 2.07. The molecule has 0 bridgehead atoms. The van der Waals surface area contributed by atoms with E-state index in [0.717, 1.165) is 11.8 Å². The fourth-order valence-corrected chi connectivity index (χ4v) is 2.73. The maximum absolute atomic E-state index is 13.6. The van der Waals surface area contributed by atoms with E-state index < -0.39 is 17.7 Å². The molecule has 0 aliphatic carbocycles. The van der Waals surface area contributed by atoms with Gasteiger partial charge in [-0.3, -0.25) is 4.79 Å². The topological polar surface area (TPSA) is 65.2 Å². The zero-order chi connectivity index (χ0) is 18.5. The lowest BCUT2D eigenvalue weighted by Crippen LogP contribution is -2.04. The van der Waals surface area contributed by atoms with Crippen LogP contribution in [0.15, 0.2) is 58.2 Å². The molecule has 0 unspecified atom stereocenters. The summed E-state index contributed by atoms with van der Waals surface area (Å²) in [5, 5.41) is 7.89. The molecule has 26 heavy (non-hydrogen) atoms. The van der Waals surface area contributed by atoms with Gasteiger partial charge in [0.25, 0.3) is 11.1 Å². The van der Waals surface area contributed by atoms with Crippen molar-refractivity contribution in [1.82, 2.24) is 10.2 Å². The Morgan fingerprint density at radius 2 is 1.88 bits per heavy atom. The van der Waals surface area contributed by atoms with Crippen molar-refractivity contribution in [3.05, 3.63) is 71.6 Å². The van der Waals surface area contributed by atoms with Gasteiger partial charge in [0, 0.05) is 5.56 Å². The number of ether oxygens (including phenoxy) is 1. The molecule has 0 radical (unpaired) electrons. The lowest BCUT2D eigenvalue weighted by atomic mass is 10.1. The molecule has 1 atom stereocenters. The molecule has 0 saturated carbocycles. The average molecular weight is 376 g/mol. The normalized spacial score (nSPS) is 12.0.